The van der Waals surface area contributed by atoms with Crippen LogP contribution in [0.15, 0.2) is 48.8 Å². The van der Waals surface area contributed by atoms with Crippen molar-refractivity contribution in [1.29, 1.82) is 0 Å². The lowest BCUT2D eigenvalue weighted by Crippen LogP contribution is -2.30. The van der Waals surface area contributed by atoms with Crippen molar-refractivity contribution in [3.05, 3.63) is 54.6 Å². The van der Waals surface area contributed by atoms with Gasteiger partial charge in [0.15, 0.2) is 11.5 Å². The lowest BCUT2D eigenvalue weighted by atomic mass is 9.99. The number of ether oxygens (including phenoxy) is 2. The number of nitrogens with two attached hydrogens (primary N) is 1. The zero-order valence-corrected chi connectivity index (χ0v) is 27.8. The van der Waals surface area contributed by atoms with Gasteiger partial charge in [0.2, 0.25) is 0 Å². The average molecular weight is 654 g/mol. The van der Waals surface area contributed by atoms with Crippen LogP contribution >= 0.6 is 7.60 Å². The number of imidazole rings is 1. The molecule has 46 heavy (non-hydrogen) atoms. The number of carbonyl (C=O) groups is 1. The quantitative estimate of drug-likeness (QED) is 0.0853. The van der Waals surface area contributed by atoms with E-state index >= 15 is 0 Å². The van der Waals surface area contributed by atoms with E-state index in [-0.39, 0.29) is 24.3 Å². The van der Waals surface area contributed by atoms with E-state index in [2.05, 4.69) is 21.9 Å². The predicted molar refractivity (Wildman–Crippen MR) is 175 cm³/mol. The number of fused-ring (bicyclic) bond motifs is 2. The van der Waals surface area contributed by atoms with Crippen LogP contribution in [0.1, 0.15) is 64.9 Å². The van der Waals surface area contributed by atoms with Gasteiger partial charge in [0, 0.05) is 11.8 Å². The lowest BCUT2D eigenvalue weighted by molar-refractivity contribution is -0.148. The summed E-state index contributed by atoms with van der Waals surface area (Å²) in [7, 11) is -4.09. The first-order chi connectivity index (χ1) is 22.1. The van der Waals surface area contributed by atoms with Gasteiger partial charge in [0.1, 0.15) is 35.5 Å². The molecule has 0 aliphatic carbocycles. The van der Waals surface area contributed by atoms with E-state index in [0.717, 1.165) is 30.0 Å². The second kappa shape index (κ2) is 14.9. The van der Waals surface area contributed by atoms with Gasteiger partial charge in [0.05, 0.1) is 31.6 Å². The van der Waals surface area contributed by atoms with Crippen LogP contribution in [0.2, 0.25) is 0 Å². The first kappa shape index (κ1) is 33.8. The Kier molecular flexibility index (Phi) is 10.9. The summed E-state index contributed by atoms with van der Waals surface area (Å²) < 4.78 is 41.2. The van der Waals surface area contributed by atoms with Crippen LogP contribution in [-0.2, 0) is 23.4 Å². The molecule has 0 radical (unpaired) electrons. The Morgan fingerprint density at radius 1 is 1.17 bits per heavy atom. The third-order valence-corrected chi connectivity index (χ3v) is 9.99. The van der Waals surface area contributed by atoms with Gasteiger partial charge in [0.25, 0.3) is 0 Å². The normalized spacial score (nSPS) is 20.3. The van der Waals surface area contributed by atoms with Crippen LogP contribution in [0.5, 0.6) is 5.75 Å². The van der Waals surface area contributed by atoms with E-state index in [1.54, 1.807) is 23.9 Å². The fourth-order valence-electron chi connectivity index (χ4n) is 5.87. The highest BCUT2D eigenvalue weighted by Crippen LogP contribution is 2.55. The first-order valence-corrected chi connectivity index (χ1v) is 17.7. The molecule has 4 aromatic rings. The number of aryl methyl sites for hydroxylation is 1. The highest BCUT2D eigenvalue weighted by atomic mass is 31.2. The number of nitrogens with zero attached hydrogens (tertiary/aromatic N) is 4. The maximum atomic E-state index is 15.0. The van der Waals surface area contributed by atoms with Crippen molar-refractivity contribution in [2.24, 2.45) is 11.8 Å². The third-order valence-electron chi connectivity index (χ3n) is 8.04. The summed E-state index contributed by atoms with van der Waals surface area (Å²) in [5, 5.41) is 12.0. The smallest absolute Gasteiger partial charge is 0.380 e. The van der Waals surface area contributed by atoms with E-state index in [4.69, 9.17) is 24.3 Å². The van der Waals surface area contributed by atoms with Gasteiger partial charge in [-0.2, -0.15) is 0 Å². The van der Waals surface area contributed by atoms with Gasteiger partial charge >= 0.3 is 13.6 Å². The molecular weight excluding hydrogens is 609 g/mol. The number of aromatic nitrogens is 4. The molecule has 1 unspecified atom stereocenters. The molecular formula is C33H44N5O7P. The minimum Gasteiger partial charge on any atom is -0.465 e. The largest absolute Gasteiger partial charge is 0.465 e. The molecule has 13 heteroatoms. The van der Waals surface area contributed by atoms with E-state index < -0.39 is 44.5 Å². The van der Waals surface area contributed by atoms with Crippen LogP contribution in [0.25, 0.3) is 21.9 Å². The number of hydrogen-bond donors (Lipinski definition) is 2. The summed E-state index contributed by atoms with van der Waals surface area (Å²) in [4.78, 5) is 26.4. The molecule has 0 spiro atoms. The van der Waals surface area contributed by atoms with Crippen molar-refractivity contribution in [1.82, 2.24) is 19.5 Å². The van der Waals surface area contributed by atoms with Crippen molar-refractivity contribution in [2.75, 3.05) is 25.1 Å². The fourth-order valence-corrected chi connectivity index (χ4v) is 8.00. The molecule has 1 aliphatic heterocycles. The number of unbranched alkanes of at least 4 members (excludes halogenated alkanes) is 2. The summed E-state index contributed by atoms with van der Waals surface area (Å²) in [6.45, 7) is 7.71. The Balaban J connectivity index is 1.46. The van der Waals surface area contributed by atoms with Crippen LogP contribution < -0.4 is 10.3 Å². The van der Waals surface area contributed by atoms with Crippen LogP contribution in [0.4, 0.5) is 5.82 Å². The van der Waals surface area contributed by atoms with Crippen LogP contribution in [0, 0.1) is 18.8 Å². The molecule has 3 N–H and O–H groups in total. The molecule has 1 saturated heterocycles. The Labute approximate surface area is 269 Å². The monoisotopic (exact) mass is 653 g/mol. The van der Waals surface area contributed by atoms with Crippen molar-refractivity contribution in [3.63, 3.8) is 0 Å². The second-order valence-electron chi connectivity index (χ2n) is 12.2. The molecule has 3 heterocycles. The maximum absolute atomic E-state index is 15.0. The molecule has 0 saturated carbocycles. The summed E-state index contributed by atoms with van der Waals surface area (Å²) in [5.41, 5.74) is 6.98. The molecule has 0 bridgehead atoms. The van der Waals surface area contributed by atoms with Crippen molar-refractivity contribution < 1.29 is 33.0 Å². The highest BCUT2D eigenvalue weighted by molar-refractivity contribution is 7.54. The maximum Gasteiger partial charge on any atom is 0.380 e. The summed E-state index contributed by atoms with van der Waals surface area (Å²) in [6.07, 6.45) is 2.38. The van der Waals surface area contributed by atoms with Crippen LogP contribution in [0.3, 0.4) is 0 Å². The number of carbonyl (C=O) groups excluding carboxylic acids is 1. The lowest BCUT2D eigenvalue weighted by Gasteiger charge is -2.28. The molecule has 5 atom stereocenters. The molecule has 248 valence electrons. The molecule has 12 nitrogen and oxygen atoms in total. The van der Waals surface area contributed by atoms with Gasteiger partial charge < -0.3 is 24.8 Å². The van der Waals surface area contributed by atoms with Crippen molar-refractivity contribution in [3.8, 4) is 5.75 Å². The number of nitrogen functional groups attached to an aromatic ring is 1. The summed E-state index contributed by atoms with van der Waals surface area (Å²) in [6, 6.07) is 13.1. The van der Waals surface area contributed by atoms with Crippen molar-refractivity contribution >= 4 is 41.3 Å². The fraction of sp³-hybridized carbons (Fsp3) is 0.515. The number of aliphatic hydroxyl groups excluding tert-OH is 1. The molecule has 1 fully saturated rings. The van der Waals surface area contributed by atoms with Gasteiger partial charge in [-0.15, -0.1) is 0 Å². The number of aliphatic hydroxyl groups is 1. The number of esters is 1. The van der Waals surface area contributed by atoms with Gasteiger partial charge in [-0.25, -0.2) is 19.5 Å². The Morgan fingerprint density at radius 2 is 1.96 bits per heavy atom. The van der Waals surface area contributed by atoms with E-state index in [1.165, 1.54) is 0 Å². The Bertz CT molecular complexity index is 1690. The number of rotatable bonds is 15. The topological polar surface area (TPSA) is 161 Å². The minimum absolute atomic E-state index is 0.121. The standard InChI is InChI=1S/C33H44N5O7P/c1-5-6-9-15-42-33(40)24(16-21(2)3)19-46(41,44-26-14-10-12-23-11-7-8-13-25(23)26)45-27-17-29(43-28(27)18-39)38-20-35-30-31(34)36-22(4)37-32(30)38/h7-8,10-14,20-21,24,27-29,39H,5-6,9,15-19H2,1-4H3,(H2,34,36,37)/t24-,27-,28-,29-,46?/m1/s1. The molecule has 2 aromatic heterocycles. The van der Waals surface area contributed by atoms with Gasteiger partial charge in [-0.3, -0.25) is 13.9 Å². The van der Waals surface area contributed by atoms with Crippen molar-refractivity contribution in [2.45, 2.75) is 78.2 Å². The zero-order chi connectivity index (χ0) is 32.8. The minimum atomic E-state index is -4.09. The molecule has 5 rings (SSSR count). The molecule has 1 aliphatic rings. The SMILES string of the molecule is CCCCCOC(=O)[C@H](CC(C)C)CP(=O)(Oc1cccc2ccccc12)O[C@@H]1C[C@H](n2cnc3c(N)nc(C)nc32)O[C@@H]1CO. The van der Waals surface area contributed by atoms with Gasteiger partial charge in [-0.1, -0.05) is 70.0 Å². The Hall–Kier alpha value is -3.57. The number of hydrogen-bond acceptors (Lipinski definition) is 11. The first-order valence-electron chi connectivity index (χ1n) is 15.9. The highest BCUT2D eigenvalue weighted by Gasteiger charge is 2.45. The van der Waals surface area contributed by atoms with Crippen LogP contribution in [-0.4, -0.2) is 62.2 Å². The number of anilines is 1. The zero-order valence-electron chi connectivity index (χ0n) is 26.9. The molecule has 2 aromatic carbocycles. The molecule has 0 amide bonds. The Morgan fingerprint density at radius 3 is 2.72 bits per heavy atom. The van der Waals surface area contributed by atoms with E-state index in [0.29, 0.717) is 35.8 Å². The second-order valence-corrected chi connectivity index (χ2v) is 14.2. The van der Waals surface area contributed by atoms with E-state index in [1.807, 2.05) is 50.2 Å². The number of benzene rings is 2. The summed E-state index contributed by atoms with van der Waals surface area (Å²) in [5.74, 6) is 0.0649. The summed E-state index contributed by atoms with van der Waals surface area (Å²) >= 11 is 0. The predicted octanol–water partition coefficient (Wildman–Crippen LogP) is 6.20. The van der Waals surface area contributed by atoms with Gasteiger partial charge in [-0.05, 0) is 37.1 Å². The third kappa shape index (κ3) is 7.86. The average Bonchev–Trinajstić information content (AvgIpc) is 3.62. The van der Waals surface area contributed by atoms with E-state index in [9.17, 15) is 14.5 Å².